The van der Waals surface area contributed by atoms with Gasteiger partial charge in [-0.25, -0.2) is 8.42 Å². The highest BCUT2D eigenvalue weighted by Gasteiger charge is 2.24. The average Bonchev–Trinajstić information content (AvgIpc) is 2.51. The predicted octanol–water partition coefficient (Wildman–Crippen LogP) is 4.06. The number of hydrogen-bond acceptors (Lipinski definition) is 3. The Morgan fingerprint density at radius 1 is 1.17 bits per heavy atom. The summed E-state index contributed by atoms with van der Waals surface area (Å²) >= 11 is 15.0. The topological polar surface area (TPSA) is 75.3 Å². The van der Waals surface area contributed by atoms with Gasteiger partial charge in [-0.2, -0.15) is 4.72 Å². The first-order chi connectivity index (χ1) is 11.2. The predicted molar refractivity (Wildman–Crippen MR) is 99.0 cm³/mol. The van der Waals surface area contributed by atoms with Crippen molar-refractivity contribution in [3.8, 4) is 0 Å². The van der Waals surface area contributed by atoms with Gasteiger partial charge in [0.25, 0.3) is 0 Å². The second kappa shape index (κ2) is 7.84. The van der Waals surface area contributed by atoms with Crippen molar-refractivity contribution in [2.24, 2.45) is 0 Å². The van der Waals surface area contributed by atoms with Crippen molar-refractivity contribution in [2.75, 3.05) is 5.32 Å². The van der Waals surface area contributed by atoms with E-state index in [9.17, 15) is 13.2 Å². The van der Waals surface area contributed by atoms with Crippen LogP contribution in [0.15, 0.2) is 51.8 Å². The molecule has 0 saturated carbocycles. The minimum Gasteiger partial charge on any atom is -0.324 e. The number of carbonyl (C=O) groups excluding carboxylic acids is 1. The molecular formula is C15H13BrCl2N2O3S. The van der Waals surface area contributed by atoms with Crippen molar-refractivity contribution >= 4 is 60.7 Å². The monoisotopic (exact) mass is 450 g/mol. The first-order valence-corrected chi connectivity index (χ1v) is 9.76. The first-order valence-electron chi connectivity index (χ1n) is 6.73. The summed E-state index contributed by atoms with van der Waals surface area (Å²) < 4.78 is 27.8. The quantitative estimate of drug-likeness (QED) is 0.719. The van der Waals surface area contributed by atoms with Crippen molar-refractivity contribution in [1.82, 2.24) is 4.72 Å². The van der Waals surface area contributed by atoms with Gasteiger partial charge in [0.2, 0.25) is 15.9 Å². The molecule has 0 radical (unpaired) electrons. The maximum Gasteiger partial charge on any atom is 0.242 e. The van der Waals surface area contributed by atoms with Crippen molar-refractivity contribution < 1.29 is 13.2 Å². The lowest BCUT2D eigenvalue weighted by molar-refractivity contribution is -0.117. The first kappa shape index (κ1) is 19.2. The second-order valence-electron chi connectivity index (χ2n) is 4.89. The molecule has 0 aliphatic heterocycles. The summed E-state index contributed by atoms with van der Waals surface area (Å²) in [5, 5.41) is 2.88. The standard InChI is InChI=1S/C15H13BrCl2N2O3S/c1-9(15(21)19-13-5-3-2-4-11(13)16)20-24(22,23)14-8-10(17)6-7-12(14)18/h2-9,20H,1H3,(H,19,21). The highest BCUT2D eigenvalue weighted by atomic mass is 79.9. The molecule has 0 spiro atoms. The summed E-state index contributed by atoms with van der Waals surface area (Å²) in [6.45, 7) is 1.43. The number of benzene rings is 2. The molecule has 0 heterocycles. The summed E-state index contributed by atoms with van der Waals surface area (Å²) in [5.74, 6) is -0.511. The van der Waals surface area contributed by atoms with Gasteiger partial charge in [-0.15, -0.1) is 0 Å². The number of rotatable bonds is 5. The van der Waals surface area contributed by atoms with E-state index in [4.69, 9.17) is 23.2 Å². The molecule has 2 rings (SSSR count). The molecule has 0 aliphatic carbocycles. The summed E-state index contributed by atoms with van der Waals surface area (Å²) in [6.07, 6.45) is 0. The van der Waals surface area contributed by atoms with Crippen molar-refractivity contribution in [2.45, 2.75) is 17.9 Å². The van der Waals surface area contributed by atoms with E-state index in [-0.39, 0.29) is 14.9 Å². The van der Waals surface area contributed by atoms with Crippen molar-refractivity contribution in [1.29, 1.82) is 0 Å². The molecule has 9 heteroatoms. The van der Waals surface area contributed by atoms with E-state index in [1.807, 2.05) is 0 Å². The van der Waals surface area contributed by atoms with E-state index in [2.05, 4.69) is 26.0 Å². The normalized spacial score (nSPS) is 12.7. The van der Waals surface area contributed by atoms with Gasteiger partial charge in [-0.1, -0.05) is 35.3 Å². The molecule has 2 aromatic carbocycles. The van der Waals surface area contributed by atoms with Crippen LogP contribution < -0.4 is 10.0 Å². The smallest absolute Gasteiger partial charge is 0.242 e. The lowest BCUT2D eigenvalue weighted by Crippen LogP contribution is -2.41. The molecule has 0 bridgehead atoms. The Hall–Kier alpha value is -1.12. The van der Waals surface area contributed by atoms with Crippen LogP contribution in [0.2, 0.25) is 10.0 Å². The average molecular weight is 452 g/mol. The third-order valence-electron chi connectivity index (χ3n) is 3.04. The van der Waals surface area contributed by atoms with Crippen LogP contribution in [-0.4, -0.2) is 20.4 Å². The molecule has 0 fully saturated rings. The van der Waals surface area contributed by atoms with Crippen molar-refractivity contribution in [3.05, 3.63) is 57.0 Å². The molecule has 0 aliphatic rings. The van der Waals surface area contributed by atoms with E-state index < -0.39 is 22.0 Å². The van der Waals surface area contributed by atoms with Gasteiger partial charge in [-0.3, -0.25) is 4.79 Å². The Balaban J connectivity index is 2.16. The van der Waals surface area contributed by atoms with E-state index >= 15 is 0 Å². The van der Waals surface area contributed by atoms with Gasteiger partial charge in [0, 0.05) is 9.50 Å². The van der Waals surface area contributed by atoms with E-state index in [0.29, 0.717) is 10.2 Å². The summed E-state index contributed by atoms with van der Waals surface area (Å²) in [4.78, 5) is 12.0. The minimum atomic E-state index is -4.00. The number of anilines is 1. The lowest BCUT2D eigenvalue weighted by atomic mass is 10.3. The molecule has 24 heavy (non-hydrogen) atoms. The van der Waals surface area contributed by atoms with Crippen LogP contribution >= 0.6 is 39.1 Å². The maximum absolute atomic E-state index is 12.4. The Labute approximate surface area is 158 Å². The molecule has 1 atom stereocenters. The van der Waals surface area contributed by atoms with Crippen LogP contribution in [0.25, 0.3) is 0 Å². The molecule has 0 aromatic heterocycles. The van der Waals surface area contributed by atoms with E-state index in [0.717, 1.165) is 0 Å². The maximum atomic E-state index is 12.4. The summed E-state index contributed by atoms with van der Waals surface area (Å²) in [5.41, 5.74) is 0.536. The molecule has 1 amide bonds. The SMILES string of the molecule is CC(NS(=O)(=O)c1cc(Cl)ccc1Cl)C(=O)Nc1ccccc1Br. The number of sulfonamides is 1. The molecule has 5 nitrogen and oxygen atoms in total. The minimum absolute atomic E-state index is 0.0188. The van der Waals surface area contributed by atoms with Gasteiger partial charge in [0.05, 0.1) is 16.8 Å². The Morgan fingerprint density at radius 2 is 1.83 bits per heavy atom. The summed E-state index contributed by atoms with van der Waals surface area (Å²) in [6, 6.07) is 10.1. The third-order valence-corrected chi connectivity index (χ3v) is 5.99. The van der Waals surface area contributed by atoms with Crippen molar-refractivity contribution in [3.63, 3.8) is 0 Å². The van der Waals surface area contributed by atoms with Crippen LogP contribution in [0, 0.1) is 0 Å². The van der Waals surface area contributed by atoms with Gasteiger partial charge in [-0.05, 0) is 53.2 Å². The number of amides is 1. The zero-order valence-electron chi connectivity index (χ0n) is 12.4. The number of carbonyl (C=O) groups is 1. The largest absolute Gasteiger partial charge is 0.324 e. The lowest BCUT2D eigenvalue weighted by Gasteiger charge is -2.16. The number of halogens is 3. The van der Waals surface area contributed by atoms with Gasteiger partial charge >= 0.3 is 0 Å². The van der Waals surface area contributed by atoms with Crippen LogP contribution in [0.1, 0.15) is 6.92 Å². The molecule has 0 saturated heterocycles. The van der Waals surface area contributed by atoms with Gasteiger partial charge in [0.15, 0.2) is 0 Å². The fraction of sp³-hybridized carbons (Fsp3) is 0.133. The van der Waals surface area contributed by atoms with E-state index in [1.54, 1.807) is 24.3 Å². The van der Waals surface area contributed by atoms with Crippen LogP contribution in [-0.2, 0) is 14.8 Å². The highest BCUT2D eigenvalue weighted by molar-refractivity contribution is 9.10. The van der Waals surface area contributed by atoms with Crippen LogP contribution in [0.3, 0.4) is 0 Å². The third kappa shape index (κ3) is 4.70. The van der Waals surface area contributed by atoms with Gasteiger partial charge < -0.3 is 5.32 Å². The van der Waals surface area contributed by atoms with Crippen LogP contribution in [0.4, 0.5) is 5.69 Å². The number of para-hydroxylation sites is 1. The second-order valence-corrected chi connectivity index (χ2v) is 8.27. The Morgan fingerprint density at radius 3 is 2.50 bits per heavy atom. The molecule has 2 N–H and O–H groups in total. The Kier molecular flexibility index (Phi) is 6.28. The zero-order valence-corrected chi connectivity index (χ0v) is 16.3. The molecule has 1 unspecified atom stereocenters. The Bertz CT molecular complexity index is 875. The zero-order chi connectivity index (χ0) is 17.9. The summed E-state index contributed by atoms with van der Waals surface area (Å²) in [7, 11) is -4.00. The van der Waals surface area contributed by atoms with Gasteiger partial charge in [0.1, 0.15) is 4.90 Å². The van der Waals surface area contributed by atoms with Crippen LogP contribution in [0.5, 0.6) is 0 Å². The highest BCUT2D eigenvalue weighted by Crippen LogP contribution is 2.25. The molecule has 128 valence electrons. The number of hydrogen-bond donors (Lipinski definition) is 2. The number of nitrogens with one attached hydrogen (secondary N) is 2. The van der Waals surface area contributed by atoms with E-state index in [1.165, 1.54) is 25.1 Å². The fourth-order valence-electron chi connectivity index (χ4n) is 1.84. The molecular weight excluding hydrogens is 439 g/mol. The molecule has 2 aromatic rings. The fourth-order valence-corrected chi connectivity index (χ4v) is 4.19.